The van der Waals surface area contributed by atoms with Crippen LogP contribution in [0.25, 0.3) is 0 Å². The molecule has 19 heavy (non-hydrogen) atoms. The van der Waals surface area contributed by atoms with E-state index in [1.807, 2.05) is 6.92 Å². The Hall–Kier alpha value is -0.800. The molecule has 2 heterocycles. The Morgan fingerprint density at radius 2 is 2.21 bits per heavy atom. The molecule has 1 aromatic heterocycles. The van der Waals surface area contributed by atoms with E-state index in [9.17, 15) is 0 Å². The van der Waals surface area contributed by atoms with Gasteiger partial charge in [-0.3, -0.25) is 0 Å². The first-order valence-corrected chi connectivity index (χ1v) is 7.47. The highest BCUT2D eigenvalue weighted by Gasteiger charge is 2.22. The molecule has 4 heteroatoms. The number of anilines is 1. The molecule has 1 aliphatic heterocycles. The fourth-order valence-electron chi connectivity index (χ4n) is 2.97. The highest BCUT2D eigenvalue weighted by Crippen LogP contribution is 2.25. The molecule has 2 rings (SSSR count). The average molecular weight is 282 g/mol. The van der Waals surface area contributed by atoms with Crippen molar-refractivity contribution < 1.29 is 0 Å². The van der Waals surface area contributed by atoms with E-state index in [1.165, 1.54) is 30.6 Å². The number of alkyl halides is 1. The molecule has 0 saturated carbocycles. The molecular formula is C15H24ClN3. The van der Waals surface area contributed by atoms with Gasteiger partial charge in [0, 0.05) is 31.4 Å². The van der Waals surface area contributed by atoms with Crippen LogP contribution in [0.5, 0.6) is 0 Å². The van der Waals surface area contributed by atoms with Crippen LogP contribution < -0.4 is 4.90 Å². The lowest BCUT2D eigenvalue weighted by atomic mass is 10.1. The molecular weight excluding hydrogens is 258 g/mol. The van der Waals surface area contributed by atoms with Crippen molar-refractivity contribution in [1.82, 2.24) is 9.88 Å². The second-order valence-electron chi connectivity index (χ2n) is 5.81. The van der Waals surface area contributed by atoms with Crippen molar-refractivity contribution in [2.45, 2.75) is 26.1 Å². The SMILES string of the molecule is Cc1cc(C)c(CCl)c(N(C)CC2CCN(C)C2)n1. The summed E-state index contributed by atoms with van der Waals surface area (Å²) >= 11 is 6.10. The lowest BCUT2D eigenvalue weighted by Gasteiger charge is -2.25. The van der Waals surface area contributed by atoms with Crippen molar-refractivity contribution in [3.05, 3.63) is 22.9 Å². The Bertz CT molecular complexity index is 447. The van der Waals surface area contributed by atoms with Gasteiger partial charge in [-0.15, -0.1) is 11.6 Å². The molecule has 0 bridgehead atoms. The molecule has 1 aliphatic rings. The summed E-state index contributed by atoms with van der Waals surface area (Å²) in [7, 11) is 4.33. The van der Waals surface area contributed by atoms with Crippen LogP contribution in [-0.2, 0) is 5.88 Å². The van der Waals surface area contributed by atoms with Gasteiger partial charge in [0.15, 0.2) is 0 Å². The lowest BCUT2D eigenvalue weighted by molar-refractivity contribution is 0.395. The zero-order valence-corrected chi connectivity index (χ0v) is 13.2. The average Bonchev–Trinajstić information content (AvgIpc) is 2.73. The van der Waals surface area contributed by atoms with Crippen LogP contribution in [0.3, 0.4) is 0 Å². The first-order valence-electron chi connectivity index (χ1n) is 6.94. The molecule has 0 radical (unpaired) electrons. The van der Waals surface area contributed by atoms with Crippen LogP contribution in [0.4, 0.5) is 5.82 Å². The zero-order chi connectivity index (χ0) is 14.0. The molecule has 1 saturated heterocycles. The molecule has 1 unspecified atom stereocenters. The summed E-state index contributed by atoms with van der Waals surface area (Å²) in [5.41, 5.74) is 3.48. The van der Waals surface area contributed by atoms with Gasteiger partial charge in [0.2, 0.25) is 0 Å². The molecule has 3 nitrogen and oxygen atoms in total. The number of likely N-dealkylation sites (tertiary alicyclic amines) is 1. The summed E-state index contributed by atoms with van der Waals surface area (Å²) < 4.78 is 0. The first kappa shape index (κ1) is 14.6. The molecule has 1 atom stereocenters. The number of pyridine rings is 1. The van der Waals surface area contributed by atoms with Gasteiger partial charge in [-0.25, -0.2) is 4.98 Å². The molecule has 1 aromatic rings. The predicted molar refractivity (Wildman–Crippen MR) is 82.1 cm³/mol. The van der Waals surface area contributed by atoms with Gasteiger partial charge in [0.25, 0.3) is 0 Å². The van der Waals surface area contributed by atoms with Crippen LogP contribution in [0, 0.1) is 19.8 Å². The normalized spacial score (nSPS) is 19.9. The van der Waals surface area contributed by atoms with E-state index in [2.05, 4.69) is 36.9 Å². The fourth-order valence-corrected chi connectivity index (χ4v) is 3.30. The predicted octanol–water partition coefficient (Wildman–Crippen LogP) is 2.83. The van der Waals surface area contributed by atoms with Gasteiger partial charge in [-0.05, 0) is 51.4 Å². The topological polar surface area (TPSA) is 19.4 Å². The number of halogens is 1. The summed E-state index contributed by atoms with van der Waals surface area (Å²) in [6.45, 7) is 7.62. The van der Waals surface area contributed by atoms with Crippen LogP contribution in [0.1, 0.15) is 23.2 Å². The first-order chi connectivity index (χ1) is 9.01. The van der Waals surface area contributed by atoms with Gasteiger partial charge in [0.1, 0.15) is 5.82 Å². The lowest BCUT2D eigenvalue weighted by Crippen LogP contribution is -2.29. The summed E-state index contributed by atoms with van der Waals surface area (Å²) in [6.07, 6.45) is 1.28. The van der Waals surface area contributed by atoms with E-state index >= 15 is 0 Å². The third-order valence-electron chi connectivity index (χ3n) is 3.97. The standard InChI is InChI=1S/C15H24ClN3/c1-11-7-12(2)17-15(14(11)8-16)19(4)10-13-5-6-18(3)9-13/h7,13H,5-6,8-10H2,1-4H3. The van der Waals surface area contributed by atoms with E-state index in [4.69, 9.17) is 16.6 Å². The maximum atomic E-state index is 6.10. The Morgan fingerprint density at radius 3 is 2.79 bits per heavy atom. The third kappa shape index (κ3) is 3.40. The highest BCUT2D eigenvalue weighted by molar-refractivity contribution is 6.17. The molecule has 1 fully saturated rings. The van der Waals surface area contributed by atoms with Crippen molar-refractivity contribution in [3.8, 4) is 0 Å². The Labute approximate surface area is 121 Å². The molecule has 0 amide bonds. The fraction of sp³-hybridized carbons (Fsp3) is 0.667. The number of hydrogen-bond acceptors (Lipinski definition) is 3. The van der Waals surface area contributed by atoms with Crippen molar-refractivity contribution in [2.75, 3.05) is 38.6 Å². The Morgan fingerprint density at radius 1 is 1.47 bits per heavy atom. The van der Waals surface area contributed by atoms with Crippen LogP contribution >= 0.6 is 11.6 Å². The van der Waals surface area contributed by atoms with E-state index in [1.54, 1.807) is 0 Å². The van der Waals surface area contributed by atoms with Crippen LogP contribution in [0.15, 0.2) is 6.07 Å². The van der Waals surface area contributed by atoms with Gasteiger partial charge in [-0.1, -0.05) is 0 Å². The summed E-state index contributed by atoms with van der Waals surface area (Å²) in [5, 5.41) is 0. The largest absolute Gasteiger partial charge is 0.359 e. The van der Waals surface area contributed by atoms with Crippen LogP contribution in [0.2, 0.25) is 0 Å². The zero-order valence-electron chi connectivity index (χ0n) is 12.4. The number of aromatic nitrogens is 1. The Balaban J connectivity index is 2.16. The van der Waals surface area contributed by atoms with Crippen molar-refractivity contribution >= 4 is 17.4 Å². The Kier molecular flexibility index (Phi) is 4.69. The molecule has 0 aromatic carbocycles. The number of nitrogens with zero attached hydrogens (tertiary/aromatic N) is 3. The van der Waals surface area contributed by atoms with E-state index < -0.39 is 0 Å². The van der Waals surface area contributed by atoms with Crippen LogP contribution in [-0.4, -0.2) is 43.6 Å². The summed E-state index contributed by atoms with van der Waals surface area (Å²) in [4.78, 5) is 9.37. The number of rotatable bonds is 4. The highest BCUT2D eigenvalue weighted by atomic mass is 35.5. The number of hydrogen-bond donors (Lipinski definition) is 0. The minimum Gasteiger partial charge on any atom is -0.359 e. The van der Waals surface area contributed by atoms with E-state index in [-0.39, 0.29) is 0 Å². The monoisotopic (exact) mass is 281 g/mol. The smallest absolute Gasteiger partial charge is 0.133 e. The second kappa shape index (κ2) is 6.10. The maximum Gasteiger partial charge on any atom is 0.133 e. The summed E-state index contributed by atoms with van der Waals surface area (Å²) in [6, 6.07) is 2.11. The summed E-state index contributed by atoms with van der Waals surface area (Å²) in [5.74, 6) is 2.33. The van der Waals surface area contributed by atoms with Gasteiger partial charge < -0.3 is 9.80 Å². The molecule has 0 spiro atoms. The molecule has 0 N–H and O–H groups in total. The van der Waals surface area contributed by atoms with Crippen molar-refractivity contribution in [3.63, 3.8) is 0 Å². The minimum absolute atomic E-state index is 0.531. The quantitative estimate of drug-likeness (QED) is 0.791. The van der Waals surface area contributed by atoms with Crippen molar-refractivity contribution in [1.29, 1.82) is 0 Å². The second-order valence-corrected chi connectivity index (χ2v) is 6.08. The molecule has 106 valence electrons. The maximum absolute atomic E-state index is 6.10. The van der Waals surface area contributed by atoms with Gasteiger partial charge >= 0.3 is 0 Å². The number of aryl methyl sites for hydroxylation is 2. The molecule has 0 aliphatic carbocycles. The van der Waals surface area contributed by atoms with Gasteiger partial charge in [-0.2, -0.15) is 0 Å². The van der Waals surface area contributed by atoms with E-state index in [0.717, 1.165) is 24.0 Å². The third-order valence-corrected chi connectivity index (χ3v) is 4.24. The van der Waals surface area contributed by atoms with Gasteiger partial charge in [0.05, 0.1) is 5.88 Å². The minimum atomic E-state index is 0.531. The van der Waals surface area contributed by atoms with E-state index in [0.29, 0.717) is 5.88 Å². The van der Waals surface area contributed by atoms with Crippen molar-refractivity contribution in [2.24, 2.45) is 5.92 Å².